The maximum Gasteiger partial charge on any atom is 0.189 e. The van der Waals surface area contributed by atoms with Crippen LogP contribution in [0.4, 0.5) is 0 Å². The predicted octanol–water partition coefficient (Wildman–Crippen LogP) is 3.37. The van der Waals surface area contributed by atoms with E-state index < -0.39 is 11.7 Å². The van der Waals surface area contributed by atoms with Gasteiger partial charge in [0.15, 0.2) is 5.78 Å². The number of aliphatic hydroxyl groups is 1. The average Bonchev–Trinajstić information content (AvgIpc) is 2.61. The summed E-state index contributed by atoms with van der Waals surface area (Å²) in [6, 6.07) is 9.96. The number of phenolic OH excluding ortho intramolecular Hbond substituents is 1. The lowest BCUT2D eigenvalue weighted by Crippen LogP contribution is -2.46. The Kier molecular flexibility index (Phi) is 4.74. The molecule has 2 aromatic rings. The van der Waals surface area contributed by atoms with Crippen molar-refractivity contribution in [2.45, 2.75) is 32.0 Å². The number of ether oxygens (including phenoxy) is 2. The van der Waals surface area contributed by atoms with Crippen molar-refractivity contribution in [2.75, 3.05) is 7.11 Å². The lowest BCUT2D eigenvalue weighted by Gasteiger charge is -2.38. The third-order valence-electron chi connectivity index (χ3n) is 4.59. The number of aromatic hydroxyl groups is 1. The Bertz CT molecular complexity index is 849. The summed E-state index contributed by atoms with van der Waals surface area (Å²) in [5.74, 6) is 1.02. The summed E-state index contributed by atoms with van der Waals surface area (Å²) in [6.45, 7) is 3.58. The number of carbonyl (C=O) groups is 1. The first-order valence-corrected chi connectivity index (χ1v) is 8.40. The monoisotopic (exact) mass is 354 g/mol. The molecule has 3 rings (SSSR count). The summed E-state index contributed by atoms with van der Waals surface area (Å²) in [7, 11) is 1.55. The number of allylic oxidation sites excluding steroid dienone is 1. The number of ketones is 1. The molecule has 0 unspecified atom stereocenters. The molecule has 0 aromatic heterocycles. The number of methoxy groups -OCH3 is 1. The Morgan fingerprint density at radius 3 is 2.58 bits per heavy atom. The average molecular weight is 354 g/mol. The summed E-state index contributed by atoms with van der Waals surface area (Å²) in [6.07, 6.45) is 2.81. The van der Waals surface area contributed by atoms with Crippen molar-refractivity contribution < 1.29 is 24.5 Å². The van der Waals surface area contributed by atoms with Crippen LogP contribution >= 0.6 is 0 Å². The Labute approximate surface area is 152 Å². The number of carbonyl (C=O) groups excluding carboxylic acids is 1. The van der Waals surface area contributed by atoms with Crippen LogP contribution in [0.3, 0.4) is 0 Å². The first-order valence-electron chi connectivity index (χ1n) is 8.40. The van der Waals surface area contributed by atoms with E-state index in [1.165, 1.54) is 6.08 Å². The molecule has 5 nitrogen and oxygen atoms in total. The molecule has 26 heavy (non-hydrogen) atoms. The summed E-state index contributed by atoms with van der Waals surface area (Å²) in [5.41, 5.74) is 1.13. The van der Waals surface area contributed by atoms with E-state index in [9.17, 15) is 15.0 Å². The van der Waals surface area contributed by atoms with Crippen LogP contribution in [0.25, 0.3) is 6.08 Å². The third-order valence-corrected chi connectivity index (χ3v) is 4.59. The van der Waals surface area contributed by atoms with Gasteiger partial charge < -0.3 is 19.7 Å². The Hall–Kier alpha value is -2.79. The molecular weight excluding hydrogens is 332 g/mol. The fourth-order valence-electron chi connectivity index (χ4n) is 2.92. The van der Waals surface area contributed by atoms with E-state index in [0.717, 1.165) is 5.56 Å². The van der Waals surface area contributed by atoms with Crippen molar-refractivity contribution in [3.8, 4) is 17.2 Å². The number of hydrogen-bond acceptors (Lipinski definition) is 5. The molecule has 0 bridgehead atoms. The van der Waals surface area contributed by atoms with Gasteiger partial charge in [-0.1, -0.05) is 18.2 Å². The summed E-state index contributed by atoms with van der Waals surface area (Å²) >= 11 is 0. The van der Waals surface area contributed by atoms with Crippen LogP contribution in [-0.4, -0.2) is 34.8 Å². The van der Waals surface area contributed by atoms with Gasteiger partial charge in [-0.15, -0.1) is 0 Å². The second-order valence-corrected chi connectivity index (χ2v) is 6.84. The molecule has 0 amide bonds. The molecule has 136 valence electrons. The topological polar surface area (TPSA) is 76.0 Å². The van der Waals surface area contributed by atoms with E-state index in [2.05, 4.69) is 0 Å². The summed E-state index contributed by atoms with van der Waals surface area (Å²) in [4.78, 5) is 12.7. The van der Waals surface area contributed by atoms with E-state index in [1.807, 2.05) is 0 Å². The molecule has 5 heteroatoms. The number of aliphatic hydroxyl groups excluding tert-OH is 1. The highest BCUT2D eigenvalue weighted by Crippen LogP contribution is 2.41. The van der Waals surface area contributed by atoms with Gasteiger partial charge in [0.05, 0.1) is 18.8 Å². The summed E-state index contributed by atoms with van der Waals surface area (Å²) in [5, 5.41) is 19.6. The molecule has 0 aliphatic carbocycles. The Morgan fingerprint density at radius 1 is 1.23 bits per heavy atom. The van der Waals surface area contributed by atoms with Crippen molar-refractivity contribution in [1.29, 1.82) is 0 Å². The quantitative estimate of drug-likeness (QED) is 0.650. The second-order valence-electron chi connectivity index (χ2n) is 6.84. The molecule has 0 spiro atoms. The molecule has 1 aliphatic heterocycles. The van der Waals surface area contributed by atoms with Gasteiger partial charge in [-0.3, -0.25) is 4.79 Å². The van der Waals surface area contributed by atoms with Crippen molar-refractivity contribution in [2.24, 2.45) is 0 Å². The maximum absolute atomic E-state index is 12.7. The molecule has 2 N–H and O–H groups in total. The third kappa shape index (κ3) is 3.44. The first-order chi connectivity index (χ1) is 12.3. The van der Waals surface area contributed by atoms with Crippen LogP contribution in [0.2, 0.25) is 0 Å². The van der Waals surface area contributed by atoms with Gasteiger partial charge in [-0.25, -0.2) is 0 Å². The van der Waals surface area contributed by atoms with Gasteiger partial charge in [0, 0.05) is 12.0 Å². The van der Waals surface area contributed by atoms with Crippen molar-refractivity contribution in [3.63, 3.8) is 0 Å². The fourth-order valence-corrected chi connectivity index (χ4v) is 2.92. The minimum Gasteiger partial charge on any atom is -0.508 e. The van der Waals surface area contributed by atoms with E-state index in [-0.39, 0.29) is 11.5 Å². The van der Waals surface area contributed by atoms with Gasteiger partial charge >= 0.3 is 0 Å². The zero-order chi connectivity index (χ0) is 18.9. The van der Waals surface area contributed by atoms with Crippen LogP contribution in [-0.2, 0) is 6.42 Å². The fraction of sp³-hybridized carbons (Fsp3) is 0.286. The number of benzene rings is 2. The van der Waals surface area contributed by atoms with E-state index in [0.29, 0.717) is 29.0 Å². The van der Waals surface area contributed by atoms with Crippen LogP contribution in [0, 0.1) is 0 Å². The highest BCUT2D eigenvalue weighted by atomic mass is 16.5. The van der Waals surface area contributed by atoms with E-state index in [1.54, 1.807) is 63.4 Å². The van der Waals surface area contributed by atoms with Gasteiger partial charge in [0.1, 0.15) is 22.8 Å². The molecule has 1 aliphatic rings. The minimum absolute atomic E-state index is 0.173. The van der Waals surface area contributed by atoms with Gasteiger partial charge in [-0.2, -0.15) is 0 Å². The second kappa shape index (κ2) is 6.84. The highest BCUT2D eigenvalue weighted by molar-refractivity contribution is 6.09. The Morgan fingerprint density at radius 2 is 1.92 bits per heavy atom. The van der Waals surface area contributed by atoms with Gasteiger partial charge in [-0.05, 0) is 49.8 Å². The molecule has 2 aromatic carbocycles. The number of hydrogen-bond donors (Lipinski definition) is 2. The maximum atomic E-state index is 12.7. The van der Waals surface area contributed by atoms with E-state index in [4.69, 9.17) is 9.47 Å². The largest absolute Gasteiger partial charge is 0.508 e. The normalized spacial score (nSPS) is 18.2. The zero-order valence-corrected chi connectivity index (χ0v) is 15.0. The lowest BCUT2D eigenvalue weighted by molar-refractivity contribution is -0.0420. The SMILES string of the molecule is COc1ccc(C(=O)C=Cc2ccc(O)cc2)c2c1C[C@@H](O)C(C)(C)O2. The molecule has 0 saturated heterocycles. The predicted molar refractivity (Wildman–Crippen MR) is 98.9 cm³/mol. The number of phenols is 1. The molecule has 1 heterocycles. The minimum atomic E-state index is -0.797. The first kappa shape index (κ1) is 18.0. The van der Waals surface area contributed by atoms with Gasteiger partial charge in [0.2, 0.25) is 0 Å². The molecule has 0 saturated carbocycles. The molecular formula is C21H22O5. The van der Waals surface area contributed by atoms with Crippen molar-refractivity contribution >= 4 is 11.9 Å². The molecule has 1 atom stereocenters. The standard InChI is InChI=1S/C21H22O5/c1-21(2)19(24)12-16-18(25-3)11-9-15(20(16)26-21)17(23)10-6-13-4-7-14(22)8-5-13/h4-11,19,22,24H,12H2,1-3H3/t19-/m1/s1. The zero-order valence-electron chi connectivity index (χ0n) is 15.0. The van der Waals surface area contributed by atoms with Crippen LogP contribution < -0.4 is 9.47 Å². The van der Waals surface area contributed by atoms with Crippen molar-refractivity contribution in [1.82, 2.24) is 0 Å². The van der Waals surface area contributed by atoms with Crippen LogP contribution in [0.1, 0.15) is 35.3 Å². The lowest BCUT2D eigenvalue weighted by atomic mass is 9.88. The number of rotatable bonds is 4. The molecule has 0 radical (unpaired) electrons. The summed E-state index contributed by atoms with van der Waals surface area (Å²) < 4.78 is 11.3. The number of fused-ring (bicyclic) bond motifs is 1. The van der Waals surface area contributed by atoms with E-state index >= 15 is 0 Å². The van der Waals surface area contributed by atoms with Crippen LogP contribution in [0.5, 0.6) is 17.2 Å². The highest BCUT2D eigenvalue weighted by Gasteiger charge is 2.38. The van der Waals surface area contributed by atoms with Crippen LogP contribution in [0.15, 0.2) is 42.5 Å². The van der Waals surface area contributed by atoms with Gasteiger partial charge in [0.25, 0.3) is 0 Å². The molecule has 0 fully saturated rings. The van der Waals surface area contributed by atoms with Crippen molar-refractivity contribution in [3.05, 3.63) is 59.2 Å². The smallest absolute Gasteiger partial charge is 0.189 e. The Balaban J connectivity index is 1.96.